The van der Waals surface area contributed by atoms with Gasteiger partial charge in [0.1, 0.15) is 11.2 Å². The predicted molar refractivity (Wildman–Crippen MR) is 75.3 cm³/mol. The summed E-state index contributed by atoms with van der Waals surface area (Å²) >= 11 is 1.36. The fourth-order valence-corrected chi connectivity index (χ4v) is 3.03. The van der Waals surface area contributed by atoms with E-state index in [0.29, 0.717) is 5.01 Å². The van der Waals surface area contributed by atoms with Crippen molar-refractivity contribution in [3.05, 3.63) is 51.7 Å². The van der Waals surface area contributed by atoms with E-state index >= 15 is 0 Å². The molecule has 0 spiro atoms. The lowest BCUT2D eigenvalue weighted by molar-refractivity contribution is -0.143. The molecule has 0 aliphatic rings. The number of hydrogen-bond acceptors (Lipinski definition) is 4. The molecule has 1 aromatic heterocycles. The number of carboxylic acids is 1. The lowest BCUT2D eigenvalue weighted by atomic mass is 9.77. The second-order valence-electron chi connectivity index (χ2n) is 4.63. The minimum atomic E-state index is -1.49. The van der Waals surface area contributed by atoms with Gasteiger partial charge in [-0.25, -0.2) is 9.37 Å². The number of hydrogen-bond donors (Lipinski definition) is 2. The Balaban J connectivity index is 2.51. The van der Waals surface area contributed by atoms with Crippen LogP contribution in [0.25, 0.3) is 0 Å². The molecule has 0 saturated carbocycles. The number of halogens is 1. The lowest BCUT2D eigenvalue weighted by Crippen LogP contribution is -2.45. The predicted octanol–water partition coefficient (Wildman–Crippen LogP) is 2.11. The summed E-state index contributed by atoms with van der Waals surface area (Å²) in [5.41, 5.74) is 5.12. The number of aliphatic carboxylic acids is 1. The fraction of sp³-hybridized carbons (Fsp3) is 0.286. The normalized spacial score (nSPS) is 13.9. The Bertz CT molecular complexity index is 629. The highest BCUT2D eigenvalue weighted by atomic mass is 32.1. The van der Waals surface area contributed by atoms with Gasteiger partial charge in [-0.3, -0.25) is 4.79 Å². The van der Waals surface area contributed by atoms with Crippen LogP contribution in [-0.2, 0) is 16.6 Å². The van der Waals surface area contributed by atoms with Gasteiger partial charge in [0.15, 0.2) is 0 Å². The third kappa shape index (κ3) is 2.57. The maximum atomic E-state index is 14.0. The number of benzene rings is 1. The van der Waals surface area contributed by atoms with Crippen LogP contribution in [-0.4, -0.2) is 22.6 Å². The zero-order valence-corrected chi connectivity index (χ0v) is 11.8. The van der Waals surface area contributed by atoms with Crippen molar-refractivity contribution >= 4 is 17.3 Å². The highest BCUT2D eigenvalue weighted by Crippen LogP contribution is 2.31. The molecule has 0 aliphatic carbocycles. The van der Waals surface area contributed by atoms with Crippen molar-refractivity contribution < 1.29 is 14.3 Å². The average molecular weight is 294 g/mol. The molecule has 1 aromatic carbocycles. The first-order valence-electron chi connectivity index (χ1n) is 6.09. The molecular weight excluding hydrogens is 279 g/mol. The van der Waals surface area contributed by atoms with Gasteiger partial charge in [0.2, 0.25) is 0 Å². The summed E-state index contributed by atoms with van der Waals surface area (Å²) in [5.74, 6) is -1.70. The van der Waals surface area contributed by atoms with Crippen LogP contribution in [0.3, 0.4) is 0 Å². The van der Waals surface area contributed by atoms with Crippen LogP contribution in [0.1, 0.15) is 16.3 Å². The van der Waals surface area contributed by atoms with Crippen LogP contribution >= 0.6 is 11.3 Å². The van der Waals surface area contributed by atoms with E-state index in [-0.39, 0.29) is 18.5 Å². The lowest BCUT2D eigenvalue weighted by Gasteiger charge is -2.28. The van der Waals surface area contributed by atoms with Crippen LogP contribution in [0.15, 0.2) is 29.6 Å². The van der Waals surface area contributed by atoms with Crippen molar-refractivity contribution in [3.63, 3.8) is 0 Å². The summed E-state index contributed by atoms with van der Waals surface area (Å²) in [6.07, 6.45) is 0.0816. The van der Waals surface area contributed by atoms with E-state index in [4.69, 9.17) is 5.73 Å². The molecule has 20 heavy (non-hydrogen) atoms. The van der Waals surface area contributed by atoms with Crippen molar-refractivity contribution in [1.82, 2.24) is 4.98 Å². The molecular formula is C14H15FN2O2S. The van der Waals surface area contributed by atoms with Gasteiger partial charge in [-0.1, -0.05) is 18.2 Å². The maximum Gasteiger partial charge on any atom is 0.315 e. The molecule has 106 valence electrons. The second-order valence-corrected chi connectivity index (χ2v) is 5.57. The molecule has 2 rings (SSSR count). The number of thiazole rings is 1. The van der Waals surface area contributed by atoms with Crippen LogP contribution in [0.5, 0.6) is 0 Å². The SMILES string of the molecule is Cc1csc(CC(CN)(C(=O)O)c2ccccc2F)n1. The Hall–Kier alpha value is -1.79. The summed E-state index contributed by atoms with van der Waals surface area (Å²) < 4.78 is 14.0. The number of aryl methyl sites for hydroxylation is 1. The Kier molecular flexibility index (Phi) is 4.15. The van der Waals surface area contributed by atoms with Gasteiger partial charge < -0.3 is 10.8 Å². The monoisotopic (exact) mass is 294 g/mol. The molecule has 4 nitrogen and oxygen atoms in total. The van der Waals surface area contributed by atoms with Crippen LogP contribution in [0, 0.1) is 12.7 Å². The molecule has 1 atom stereocenters. The number of nitrogens with zero attached hydrogens (tertiary/aromatic N) is 1. The van der Waals surface area contributed by atoms with E-state index in [9.17, 15) is 14.3 Å². The molecule has 0 saturated heterocycles. The molecule has 6 heteroatoms. The Labute approximate surface area is 120 Å². The van der Waals surface area contributed by atoms with E-state index in [2.05, 4.69) is 4.98 Å². The van der Waals surface area contributed by atoms with Crippen LogP contribution < -0.4 is 5.73 Å². The minimum Gasteiger partial charge on any atom is -0.481 e. The van der Waals surface area contributed by atoms with Crippen molar-refractivity contribution in [2.75, 3.05) is 6.54 Å². The zero-order valence-electron chi connectivity index (χ0n) is 11.0. The van der Waals surface area contributed by atoms with Crippen LogP contribution in [0.4, 0.5) is 4.39 Å². The molecule has 0 radical (unpaired) electrons. The first-order chi connectivity index (χ1) is 9.49. The van der Waals surface area contributed by atoms with Gasteiger partial charge in [0, 0.05) is 29.6 Å². The minimum absolute atomic E-state index is 0.0816. The van der Waals surface area contributed by atoms with E-state index in [1.54, 1.807) is 6.07 Å². The van der Waals surface area contributed by atoms with Gasteiger partial charge in [0.25, 0.3) is 0 Å². The van der Waals surface area contributed by atoms with Gasteiger partial charge in [-0.15, -0.1) is 11.3 Å². The summed E-state index contributed by atoms with van der Waals surface area (Å²) in [5, 5.41) is 12.1. The van der Waals surface area contributed by atoms with Crippen LogP contribution in [0.2, 0.25) is 0 Å². The third-order valence-electron chi connectivity index (χ3n) is 3.27. The van der Waals surface area contributed by atoms with Crippen molar-refractivity contribution in [3.8, 4) is 0 Å². The van der Waals surface area contributed by atoms with Gasteiger partial charge in [-0.05, 0) is 13.0 Å². The van der Waals surface area contributed by atoms with Gasteiger partial charge in [-0.2, -0.15) is 0 Å². The zero-order chi connectivity index (χ0) is 14.8. The number of nitrogens with two attached hydrogens (primary N) is 1. The second kappa shape index (κ2) is 5.68. The van der Waals surface area contributed by atoms with E-state index in [0.717, 1.165) is 5.69 Å². The van der Waals surface area contributed by atoms with Gasteiger partial charge in [0.05, 0.1) is 5.01 Å². The molecule has 0 fully saturated rings. The average Bonchev–Trinajstić information content (AvgIpc) is 2.82. The highest BCUT2D eigenvalue weighted by Gasteiger charge is 2.42. The number of aromatic nitrogens is 1. The first-order valence-corrected chi connectivity index (χ1v) is 6.97. The Morgan fingerprint density at radius 2 is 2.20 bits per heavy atom. The van der Waals surface area contributed by atoms with Crippen molar-refractivity contribution in [2.45, 2.75) is 18.8 Å². The molecule has 1 unspecified atom stereocenters. The molecule has 1 heterocycles. The Morgan fingerprint density at radius 1 is 1.50 bits per heavy atom. The topological polar surface area (TPSA) is 76.2 Å². The molecule has 0 bridgehead atoms. The highest BCUT2D eigenvalue weighted by molar-refractivity contribution is 7.09. The third-order valence-corrected chi connectivity index (χ3v) is 4.23. The largest absolute Gasteiger partial charge is 0.481 e. The van der Waals surface area contributed by atoms with Crippen molar-refractivity contribution in [1.29, 1.82) is 0 Å². The first kappa shape index (κ1) is 14.6. The molecule has 3 N–H and O–H groups in total. The van der Waals surface area contributed by atoms with E-state index in [1.165, 1.54) is 29.5 Å². The number of carboxylic acid groups (broad SMARTS) is 1. The quantitative estimate of drug-likeness (QED) is 0.885. The standard InChI is InChI=1S/C14H15FN2O2S/c1-9-7-20-12(17-9)6-14(8-16,13(18)19)10-4-2-3-5-11(10)15/h2-5,7H,6,8,16H2,1H3,(H,18,19). The molecule has 0 amide bonds. The number of rotatable bonds is 5. The number of carbonyl (C=O) groups is 1. The summed E-state index contributed by atoms with van der Waals surface area (Å²) in [6, 6.07) is 5.85. The smallest absolute Gasteiger partial charge is 0.315 e. The fourth-order valence-electron chi connectivity index (χ4n) is 2.15. The summed E-state index contributed by atoms with van der Waals surface area (Å²) in [4.78, 5) is 16.0. The Morgan fingerprint density at radius 3 is 2.70 bits per heavy atom. The summed E-state index contributed by atoms with van der Waals surface area (Å²) in [6.45, 7) is 1.63. The van der Waals surface area contributed by atoms with E-state index < -0.39 is 17.2 Å². The summed E-state index contributed by atoms with van der Waals surface area (Å²) in [7, 11) is 0. The van der Waals surface area contributed by atoms with E-state index in [1.807, 2.05) is 12.3 Å². The van der Waals surface area contributed by atoms with Gasteiger partial charge >= 0.3 is 5.97 Å². The van der Waals surface area contributed by atoms with Crippen molar-refractivity contribution in [2.24, 2.45) is 5.73 Å². The molecule has 2 aromatic rings. The molecule has 0 aliphatic heterocycles. The maximum absolute atomic E-state index is 14.0.